The van der Waals surface area contributed by atoms with Gasteiger partial charge in [0.05, 0.1) is 0 Å². The third kappa shape index (κ3) is 5.14. The van der Waals surface area contributed by atoms with E-state index in [4.69, 9.17) is 22.8 Å². The van der Waals surface area contributed by atoms with Gasteiger partial charge in [0.1, 0.15) is 24.0 Å². The molecule has 130 valence electrons. The molecule has 4 nitrogen and oxygen atoms in total. The maximum absolute atomic E-state index is 12.4. The lowest BCUT2D eigenvalue weighted by atomic mass is 10.1. The van der Waals surface area contributed by atoms with Crippen LogP contribution in [0, 0.1) is 23.7 Å². The zero-order valence-corrected chi connectivity index (χ0v) is 15.0. The summed E-state index contributed by atoms with van der Waals surface area (Å²) in [7, 11) is 0. The first-order valence-corrected chi connectivity index (χ1v) is 8.33. The summed E-state index contributed by atoms with van der Waals surface area (Å²) in [4.78, 5) is 12.4. The first kappa shape index (κ1) is 19.1. The highest BCUT2D eigenvalue weighted by Gasteiger charge is 2.12. The van der Waals surface area contributed by atoms with Crippen molar-refractivity contribution in [3.05, 3.63) is 64.2 Å². The van der Waals surface area contributed by atoms with Gasteiger partial charge < -0.3 is 10.1 Å². The van der Waals surface area contributed by atoms with Crippen molar-refractivity contribution in [3.63, 3.8) is 0 Å². The number of nitrogens with zero attached hydrogens (tertiary/aromatic N) is 1. The minimum atomic E-state index is -0.514. The molecule has 0 aliphatic heterocycles. The second kappa shape index (κ2) is 9.32. The van der Waals surface area contributed by atoms with E-state index in [1.165, 1.54) is 6.08 Å². The summed E-state index contributed by atoms with van der Waals surface area (Å²) >= 11 is 6.01. The Balaban J connectivity index is 2.26. The molecule has 0 fully saturated rings. The Bertz CT molecular complexity index is 903. The van der Waals surface area contributed by atoms with Crippen LogP contribution in [0.2, 0.25) is 5.02 Å². The highest BCUT2D eigenvalue weighted by Crippen LogP contribution is 2.25. The summed E-state index contributed by atoms with van der Waals surface area (Å²) in [5.74, 6) is 2.30. The van der Waals surface area contributed by atoms with Crippen molar-refractivity contribution < 1.29 is 9.53 Å². The Kier molecular flexibility index (Phi) is 6.85. The van der Waals surface area contributed by atoms with Crippen molar-refractivity contribution >= 4 is 29.3 Å². The van der Waals surface area contributed by atoms with Crippen LogP contribution in [0.15, 0.2) is 48.0 Å². The van der Waals surface area contributed by atoms with Gasteiger partial charge in [-0.25, -0.2) is 0 Å². The van der Waals surface area contributed by atoms with Crippen molar-refractivity contribution in [2.75, 3.05) is 11.9 Å². The lowest BCUT2D eigenvalue weighted by Crippen LogP contribution is -2.13. The largest absolute Gasteiger partial charge is 0.480 e. The molecule has 26 heavy (non-hydrogen) atoms. The van der Waals surface area contributed by atoms with Crippen LogP contribution < -0.4 is 10.1 Å². The van der Waals surface area contributed by atoms with Crippen LogP contribution in [0.4, 0.5) is 5.69 Å². The second-order valence-electron chi connectivity index (χ2n) is 5.35. The molecule has 0 aromatic heterocycles. The van der Waals surface area contributed by atoms with E-state index in [2.05, 4.69) is 18.2 Å². The van der Waals surface area contributed by atoms with Gasteiger partial charge in [0.15, 0.2) is 0 Å². The minimum absolute atomic E-state index is 0.0698. The zero-order chi connectivity index (χ0) is 18.9. The van der Waals surface area contributed by atoms with E-state index in [1.807, 2.05) is 18.2 Å². The van der Waals surface area contributed by atoms with E-state index in [9.17, 15) is 10.1 Å². The Morgan fingerprint density at radius 3 is 2.65 bits per heavy atom. The van der Waals surface area contributed by atoms with Gasteiger partial charge in [0.2, 0.25) is 0 Å². The average Bonchev–Trinajstić information content (AvgIpc) is 2.65. The van der Waals surface area contributed by atoms with E-state index >= 15 is 0 Å². The van der Waals surface area contributed by atoms with Gasteiger partial charge in [-0.3, -0.25) is 4.79 Å². The molecule has 0 saturated carbocycles. The highest BCUT2D eigenvalue weighted by atomic mass is 35.5. The molecule has 0 atom stereocenters. The maximum Gasteiger partial charge on any atom is 0.266 e. The average molecular weight is 365 g/mol. The van der Waals surface area contributed by atoms with Crippen LogP contribution in [0.1, 0.15) is 18.1 Å². The normalized spacial score (nSPS) is 10.5. The van der Waals surface area contributed by atoms with Crippen molar-refractivity contribution in [2.45, 2.75) is 13.3 Å². The van der Waals surface area contributed by atoms with Crippen molar-refractivity contribution in [3.8, 4) is 24.2 Å². The third-order valence-electron chi connectivity index (χ3n) is 3.57. The standard InChI is InChI=1S/C21H17ClN2O2/c1-3-11-26-20-10-7-18(22)13-16(20)12-17(14-23)21(25)24-19-8-5-15(4-2)6-9-19/h1,5-10,12-13H,4,11H2,2H3,(H,24,25)/b17-12+. The number of amides is 1. The van der Waals surface area contributed by atoms with Gasteiger partial charge in [-0.15, -0.1) is 6.42 Å². The molecule has 2 rings (SSSR count). The Morgan fingerprint density at radius 2 is 2.04 bits per heavy atom. The molecular formula is C21H17ClN2O2. The second-order valence-corrected chi connectivity index (χ2v) is 5.79. The van der Waals surface area contributed by atoms with Gasteiger partial charge in [-0.1, -0.05) is 36.6 Å². The van der Waals surface area contributed by atoms with Crippen molar-refractivity contribution in [1.82, 2.24) is 0 Å². The number of carbonyl (C=O) groups is 1. The molecule has 1 N–H and O–H groups in total. The number of terminal acetylenes is 1. The van der Waals surface area contributed by atoms with E-state index in [0.29, 0.717) is 22.0 Å². The van der Waals surface area contributed by atoms with E-state index in [0.717, 1.165) is 12.0 Å². The predicted octanol–water partition coefficient (Wildman–Crippen LogP) is 4.46. The fourth-order valence-electron chi connectivity index (χ4n) is 2.21. The lowest BCUT2D eigenvalue weighted by Gasteiger charge is -2.08. The molecule has 1 amide bonds. The quantitative estimate of drug-likeness (QED) is 0.467. The van der Waals surface area contributed by atoms with E-state index < -0.39 is 5.91 Å². The van der Waals surface area contributed by atoms with Crippen LogP contribution in [0.5, 0.6) is 5.75 Å². The molecule has 0 unspecified atom stereocenters. The van der Waals surface area contributed by atoms with Gasteiger partial charge in [-0.2, -0.15) is 5.26 Å². The van der Waals surface area contributed by atoms with Crippen molar-refractivity contribution in [2.24, 2.45) is 0 Å². The number of carbonyl (C=O) groups excluding carboxylic acids is 1. The van der Waals surface area contributed by atoms with E-state index in [-0.39, 0.29) is 12.2 Å². The summed E-state index contributed by atoms with van der Waals surface area (Å²) in [6.45, 7) is 2.12. The Labute approximate surface area is 158 Å². The zero-order valence-electron chi connectivity index (χ0n) is 14.3. The molecule has 0 saturated heterocycles. The molecule has 2 aromatic carbocycles. The van der Waals surface area contributed by atoms with E-state index in [1.54, 1.807) is 30.3 Å². The Morgan fingerprint density at radius 1 is 1.31 bits per heavy atom. The Hall–Kier alpha value is -3.21. The SMILES string of the molecule is C#CCOc1ccc(Cl)cc1/C=C(\C#N)C(=O)Nc1ccc(CC)cc1. The van der Waals surface area contributed by atoms with Crippen LogP contribution in [-0.4, -0.2) is 12.5 Å². The van der Waals surface area contributed by atoms with Crippen LogP contribution in [-0.2, 0) is 11.2 Å². The monoisotopic (exact) mass is 364 g/mol. The fourth-order valence-corrected chi connectivity index (χ4v) is 2.39. The molecule has 0 aliphatic carbocycles. The van der Waals surface area contributed by atoms with Crippen LogP contribution in [0.25, 0.3) is 6.08 Å². The summed E-state index contributed by atoms with van der Waals surface area (Å²) in [5, 5.41) is 12.5. The van der Waals surface area contributed by atoms with Crippen molar-refractivity contribution in [1.29, 1.82) is 5.26 Å². The van der Waals surface area contributed by atoms with Gasteiger partial charge in [-0.05, 0) is 48.4 Å². The molecule has 0 aliphatic rings. The summed E-state index contributed by atoms with van der Waals surface area (Å²) in [6.07, 6.45) is 7.54. The predicted molar refractivity (Wildman–Crippen MR) is 104 cm³/mol. The summed E-state index contributed by atoms with van der Waals surface area (Å²) < 4.78 is 5.43. The fraction of sp³-hybridized carbons (Fsp3) is 0.143. The first-order valence-electron chi connectivity index (χ1n) is 7.95. The number of anilines is 1. The number of aryl methyl sites for hydroxylation is 1. The third-order valence-corrected chi connectivity index (χ3v) is 3.80. The van der Waals surface area contributed by atoms with Crippen LogP contribution in [0.3, 0.4) is 0 Å². The van der Waals surface area contributed by atoms with Gasteiger partial charge in [0.25, 0.3) is 5.91 Å². The molecular weight excluding hydrogens is 348 g/mol. The summed E-state index contributed by atoms with van der Waals surface area (Å²) in [6, 6.07) is 14.2. The smallest absolute Gasteiger partial charge is 0.266 e. The minimum Gasteiger partial charge on any atom is -0.480 e. The molecule has 0 bridgehead atoms. The number of nitrogens with one attached hydrogen (secondary N) is 1. The van der Waals surface area contributed by atoms with Gasteiger partial charge in [0, 0.05) is 16.3 Å². The number of ether oxygens (including phenoxy) is 1. The lowest BCUT2D eigenvalue weighted by molar-refractivity contribution is -0.112. The molecule has 0 radical (unpaired) electrons. The number of nitriles is 1. The highest BCUT2D eigenvalue weighted by molar-refractivity contribution is 6.30. The summed E-state index contributed by atoms with van der Waals surface area (Å²) in [5.41, 5.74) is 2.20. The number of halogens is 1. The maximum atomic E-state index is 12.4. The number of hydrogen-bond acceptors (Lipinski definition) is 3. The number of benzene rings is 2. The molecule has 0 heterocycles. The number of rotatable bonds is 6. The van der Waals surface area contributed by atoms with Crippen LogP contribution >= 0.6 is 11.6 Å². The first-order chi connectivity index (χ1) is 12.6. The number of hydrogen-bond donors (Lipinski definition) is 1. The molecule has 0 spiro atoms. The topological polar surface area (TPSA) is 62.1 Å². The van der Waals surface area contributed by atoms with Gasteiger partial charge >= 0.3 is 0 Å². The molecule has 5 heteroatoms. The molecule has 2 aromatic rings.